The summed E-state index contributed by atoms with van der Waals surface area (Å²) in [5.41, 5.74) is 6.76. The Balaban J connectivity index is 1.87. The highest BCUT2D eigenvalue weighted by atomic mass is 79.9. The van der Waals surface area contributed by atoms with Crippen molar-refractivity contribution in [2.75, 3.05) is 0 Å². The molecule has 1 aliphatic heterocycles. The molecule has 1 aliphatic rings. The molecule has 132 valence electrons. The van der Waals surface area contributed by atoms with Crippen LogP contribution in [0.3, 0.4) is 0 Å². The standard InChI is InChI=1S/C17H24BrN3O3/c1-10(15(22)19-17(2,3)4)24-16(23)14-9-13(20-21-14)11-5-7-12(18)8-6-11/h5-8,10,13-14,20-21H,9H2,1-4H3,(H,19,22). The molecule has 3 unspecified atom stereocenters. The van der Waals surface area contributed by atoms with Crippen LogP contribution in [0.25, 0.3) is 0 Å². The van der Waals surface area contributed by atoms with Crippen molar-refractivity contribution in [2.24, 2.45) is 0 Å². The summed E-state index contributed by atoms with van der Waals surface area (Å²) >= 11 is 3.40. The molecular weight excluding hydrogens is 374 g/mol. The largest absolute Gasteiger partial charge is 0.451 e. The van der Waals surface area contributed by atoms with E-state index in [-0.39, 0.29) is 17.5 Å². The normalized spacial score (nSPS) is 22.0. The minimum atomic E-state index is -0.828. The summed E-state index contributed by atoms with van der Waals surface area (Å²) in [6, 6.07) is 7.45. The molecule has 1 saturated heterocycles. The molecule has 0 radical (unpaired) electrons. The fraction of sp³-hybridized carbons (Fsp3) is 0.529. The van der Waals surface area contributed by atoms with Gasteiger partial charge in [0.2, 0.25) is 0 Å². The lowest BCUT2D eigenvalue weighted by Gasteiger charge is -2.23. The van der Waals surface area contributed by atoms with Gasteiger partial charge in [0.1, 0.15) is 6.04 Å². The number of halogens is 1. The molecule has 1 heterocycles. The minimum Gasteiger partial charge on any atom is -0.451 e. The van der Waals surface area contributed by atoms with Crippen LogP contribution in [-0.2, 0) is 14.3 Å². The molecule has 0 aromatic heterocycles. The van der Waals surface area contributed by atoms with Crippen molar-refractivity contribution >= 4 is 27.8 Å². The van der Waals surface area contributed by atoms with Gasteiger partial charge in [0, 0.05) is 16.1 Å². The van der Waals surface area contributed by atoms with Crippen molar-refractivity contribution < 1.29 is 14.3 Å². The van der Waals surface area contributed by atoms with Crippen LogP contribution in [0.2, 0.25) is 0 Å². The first kappa shape index (κ1) is 18.9. The van der Waals surface area contributed by atoms with Gasteiger partial charge < -0.3 is 10.1 Å². The van der Waals surface area contributed by atoms with Gasteiger partial charge >= 0.3 is 5.97 Å². The van der Waals surface area contributed by atoms with E-state index in [1.54, 1.807) is 6.92 Å². The third kappa shape index (κ3) is 5.29. The first-order chi connectivity index (χ1) is 11.2. The number of carbonyl (C=O) groups excluding carboxylic acids is 2. The molecule has 7 heteroatoms. The fourth-order valence-electron chi connectivity index (χ4n) is 2.41. The fourth-order valence-corrected chi connectivity index (χ4v) is 2.67. The number of carbonyl (C=O) groups is 2. The number of benzene rings is 1. The number of nitrogens with one attached hydrogen (secondary N) is 3. The van der Waals surface area contributed by atoms with Crippen LogP contribution in [-0.4, -0.2) is 29.6 Å². The number of hydrazine groups is 1. The van der Waals surface area contributed by atoms with E-state index in [0.717, 1.165) is 10.0 Å². The highest BCUT2D eigenvalue weighted by Crippen LogP contribution is 2.24. The molecule has 6 nitrogen and oxygen atoms in total. The second kappa shape index (κ2) is 7.63. The Morgan fingerprint density at radius 1 is 1.25 bits per heavy atom. The molecule has 24 heavy (non-hydrogen) atoms. The SMILES string of the molecule is CC(OC(=O)C1CC(c2ccc(Br)cc2)NN1)C(=O)NC(C)(C)C. The van der Waals surface area contributed by atoms with Crippen molar-refractivity contribution in [3.8, 4) is 0 Å². The zero-order valence-electron chi connectivity index (χ0n) is 14.4. The molecular formula is C17H24BrN3O3. The molecule has 0 spiro atoms. The van der Waals surface area contributed by atoms with Crippen LogP contribution in [0.5, 0.6) is 0 Å². The van der Waals surface area contributed by atoms with Crippen molar-refractivity contribution in [1.82, 2.24) is 16.2 Å². The molecule has 1 aromatic rings. The predicted molar refractivity (Wildman–Crippen MR) is 95.0 cm³/mol. The van der Waals surface area contributed by atoms with Crippen molar-refractivity contribution in [1.29, 1.82) is 0 Å². The molecule has 3 N–H and O–H groups in total. The smallest absolute Gasteiger partial charge is 0.325 e. The maximum Gasteiger partial charge on any atom is 0.325 e. The molecule has 1 amide bonds. The van der Waals surface area contributed by atoms with E-state index in [2.05, 4.69) is 32.1 Å². The predicted octanol–water partition coefficient (Wildman–Crippen LogP) is 2.20. The Morgan fingerprint density at radius 2 is 1.88 bits per heavy atom. The maximum atomic E-state index is 12.2. The van der Waals surface area contributed by atoms with Gasteiger partial charge in [0.05, 0.1) is 0 Å². The summed E-state index contributed by atoms with van der Waals surface area (Å²) in [6.45, 7) is 7.22. The van der Waals surface area contributed by atoms with E-state index < -0.39 is 18.1 Å². The monoisotopic (exact) mass is 397 g/mol. The first-order valence-electron chi connectivity index (χ1n) is 7.95. The average molecular weight is 398 g/mol. The molecule has 0 aliphatic carbocycles. The lowest BCUT2D eigenvalue weighted by Crippen LogP contribution is -2.47. The number of rotatable bonds is 4. The molecule has 1 fully saturated rings. The molecule has 3 atom stereocenters. The Morgan fingerprint density at radius 3 is 2.46 bits per heavy atom. The zero-order chi connectivity index (χ0) is 17.9. The van der Waals surface area contributed by atoms with E-state index in [1.165, 1.54) is 0 Å². The Hall–Kier alpha value is -1.44. The number of esters is 1. The van der Waals surface area contributed by atoms with Gasteiger partial charge in [-0.3, -0.25) is 9.59 Å². The lowest BCUT2D eigenvalue weighted by atomic mass is 10.0. The number of amides is 1. The Kier molecular flexibility index (Phi) is 6.01. The van der Waals surface area contributed by atoms with Gasteiger partial charge in [0.25, 0.3) is 5.91 Å². The van der Waals surface area contributed by atoms with E-state index in [0.29, 0.717) is 6.42 Å². The third-order valence-corrected chi connectivity index (χ3v) is 4.15. The Labute approximate surface area is 150 Å². The topological polar surface area (TPSA) is 79.5 Å². The average Bonchev–Trinajstić information content (AvgIpc) is 2.96. The summed E-state index contributed by atoms with van der Waals surface area (Å²) in [5, 5.41) is 2.80. The van der Waals surface area contributed by atoms with Gasteiger partial charge in [-0.25, -0.2) is 10.9 Å². The van der Waals surface area contributed by atoms with Crippen molar-refractivity contribution in [3.05, 3.63) is 34.3 Å². The van der Waals surface area contributed by atoms with Gasteiger partial charge in [0.15, 0.2) is 6.10 Å². The van der Waals surface area contributed by atoms with Gasteiger partial charge in [-0.05, 0) is 51.8 Å². The highest BCUT2D eigenvalue weighted by molar-refractivity contribution is 9.10. The van der Waals surface area contributed by atoms with Crippen LogP contribution >= 0.6 is 15.9 Å². The first-order valence-corrected chi connectivity index (χ1v) is 8.74. The van der Waals surface area contributed by atoms with Crippen molar-refractivity contribution in [2.45, 2.75) is 57.8 Å². The molecule has 0 bridgehead atoms. The lowest BCUT2D eigenvalue weighted by molar-refractivity contribution is -0.157. The summed E-state index contributed by atoms with van der Waals surface area (Å²) in [5.74, 6) is -0.732. The van der Waals surface area contributed by atoms with E-state index >= 15 is 0 Å². The zero-order valence-corrected chi connectivity index (χ0v) is 15.9. The second-order valence-corrected chi connectivity index (χ2v) is 7.92. The van der Waals surface area contributed by atoms with Crippen LogP contribution in [0, 0.1) is 0 Å². The third-order valence-electron chi connectivity index (χ3n) is 3.62. The Bertz CT molecular complexity index is 598. The number of ether oxygens (including phenoxy) is 1. The summed E-state index contributed by atoms with van der Waals surface area (Å²) < 4.78 is 6.29. The van der Waals surface area contributed by atoms with Crippen LogP contribution < -0.4 is 16.2 Å². The summed E-state index contributed by atoms with van der Waals surface area (Å²) in [6.07, 6.45) is -0.265. The van der Waals surface area contributed by atoms with Gasteiger partial charge in [-0.2, -0.15) is 0 Å². The molecule has 1 aromatic carbocycles. The minimum absolute atomic E-state index is 0.0226. The van der Waals surface area contributed by atoms with Crippen molar-refractivity contribution in [3.63, 3.8) is 0 Å². The van der Waals surface area contributed by atoms with E-state index in [4.69, 9.17) is 4.74 Å². The highest BCUT2D eigenvalue weighted by Gasteiger charge is 2.33. The quantitative estimate of drug-likeness (QED) is 0.678. The summed E-state index contributed by atoms with van der Waals surface area (Å²) in [7, 11) is 0. The van der Waals surface area contributed by atoms with Crippen LogP contribution in [0.1, 0.15) is 45.7 Å². The maximum absolute atomic E-state index is 12.2. The van der Waals surface area contributed by atoms with Crippen LogP contribution in [0.4, 0.5) is 0 Å². The second-order valence-electron chi connectivity index (χ2n) is 7.00. The number of hydrogen-bond donors (Lipinski definition) is 3. The van der Waals surface area contributed by atoms with Crippen LogP contribution in [0.15, 0.2) is 28.7 Å². The summed E-state index contributed by atoms with van der Waals surface area (Å²) in [4.78, 5) is 24.2. The van der Waals surface area contributed by atoms with Gasteiger partial charge in [-0.15, -0.1) is 0 Å². The molecule has 0 saturated carbocycles. The van der Waals surface area contributed by atoms with E-state index in [9.17, 15) is 9.59 Å². The molecule has 2 rings (SSSR count). The van der Waals surface area contributed by atoms with Gasteiger partial charge in [-0.1, -0.05) is 28.1 Å². The number of hydrogen-bond acceptors (Lipinski definition) is 5. The van der Waals surface area contributed by atoms with E-state index in [1.807, 2.05) is 45.0 Å².